The fourth-order valence-corrected chi connectivity index (χ4v) is 1.67. The fourth-order valence-electron chi connectivity index (χ4n) is 1.67. The molecule has 3 heteroatoms. The third-order valence-electron chi connectivity index (χ3n) is 2.47. The van der Waals surface area contributed by atoms with Gasteiger partial charge in [0.25, 0.3) is 0 Å². The van der Waals surface area contributed by atoms with Gasteiger partial charge in [0, 0.05) is 0 Å². The summed E-state index contributed by atoms with van der Waals surface area (Å²) >= 11 is 0. The van der Waals surface area contributed by atoms with Crippen molar-refractivity contribution in [1.29, 1.82) is 0 Å². The second-order valence-electron chi connectivity index (χ2n) is 3.87. The molecule has 3 aromatic rings. The lowest BCUT2D eigenvalue weighted by molar-refractivity contribution is 0.343. The van der Waals surface area contributed by atoms with Crippen LogP contribution in [0.25, 0.3) is 11.1 Å². The summed E-state index contributed by atoms with van der Waals surface area (Å²) in [6.45, 7) is 2.01. The van der Waals surface area contributed by atoms with Gasteiger partial charge in [-0.25, -0.2) is 0 Å². The second kappa shape index (κ2) is 3.94. The molecule has 0 unspecified atom stereocenters. The zero-order valence-corrected chi connectivity index (χ0v) is 9.38. The van der Waals surface area contributed by atoms with Gasteiger partial charge in [-0.3, -0.25) is 0 Å². The van der Waals surface area contributed by atoms with E-state index in [0.29, 0.717) is 0 Å². The molecule has 3 nitrogen and oxygen atoms in total. The van der Waals surface area contributed by atoms with Crippen LogP contribution in [-0.4, -0.2) is 4.98 Å². The Labute approximate surface area is 98.7 Å². The van der Waals surface area contributed by atoms with Gasteiger partial charge in [-0.1, -0.05) is 24.3 Å². The summed E-state index contributed by atoms with van der Waals surface area (Å²) in [5.74, 6) is 0.733. The molecular formula is C14H11NO2. The average molecular weight is 225 g/mol. The molecule has 2 aromatic carbocycles. The van der Waals surface area contributed by atoms with E-state index in [9.17, 15) is 0 Å². The molecule has 0 atom stereocenters. The van der Waals surface area contributed by atoms with Crippen LogP contribution >= 0.6 is 0 Å². The molecule has 0 saturated heterocycles. The molecule has 84 valence electrons. The third kappa shape index (κ3) is 1.99. The highest BCUT2D eigenvalue weighted by atomic mass is 16.6. The lowest BCUT2D eigenvalue weighted by atomic mass is 10.2. The molecule has 17 heavy (non-hydrogen) atoms. The van der Waals surface area contributed by atoms with Gasteiger partial charge in [0.05, 0.1) is 0 Å². The highest BCUT2D eigenvalue weighted by Gasteiger charge is 2.06. The number of rotatable bonds is 2. The van der Waals surface area contributed by atoms with Gasteiger partial charge < -0.3 is 9.15 Å². The SMILES string of the molecule is Cc1cccc(Oc2nc3ccccc3o2)c1. The largest absolute Gasteiger partial charge is 0.411 e. The van der Waals surface area contributed by atoms with Gasteiger partial charge in [-0.05, 0) is 36.8 Å². The van der Waals surface area contributed by atoms with Gasteiger partial charge in [0.1, 0.15) is 11.3 Å². The average Bonchev–Trinajstić information content (AvgIpc) is 2.71. The Morgan fingerprint density at radius 3 is 2.76 bits per heavy atom. The van der Waals surface area contributed by atoms with Crippen molar-refractivity contribution >= 4 is 11.1 Å². The molecule has 0 bridgehead atoms. The number of hydrogen-bond donors (Lipinski definition) is 0. The summed E-state index contributed by atoms with van der Waals surface area (Å²) in [7, 11) is 0. The molecule has 0 N–H and O–H groups in total. The van der Waals surface area contributed by atoms with Crippen LogP contribution in [0.2, 0.25) is 0 Å². The highest BCUT2D eigenvalue weighted by molar-refractivity contribution is 5.72. The minimum atomic E-state index is 0.275. The first-order valence-corrected chi connectivity index (χ1v) is 5.41. The zero-order chi connectivity index (χ0) is 11.7. The molecule has 0 fully saturated rings. The van der Waals surface area contributed by atoms with Gasteiger partial charge in [0.2, 0.25) is 0 Å². The van der Waals surface area contributed by atoms with Crippen LogP contribution in [0, 0.1) is 6.92 Å². The number of aromatic nitrogens is 1. The molecule has 0 saturated carbocycles. The van der Waals surface area contributed by atoms with E-state index >= 15 is 0 Å². The predicted octanol–water partition coefficient (Wildman–Crippen LogP) is 3.93. The van der Waals surface area contributed by atoms with Crippen molar-refractivity contribution in [1.82, 2.24) is 4.98 Å². The van der Waals surface area contributed by atoms with Crippen LogP contribution in [0.4, 0.5) is 0 Å². The first-order valence-electron chi connectivity index (χ1n) is 5.41. The number of aryl methyl sites for hydroxylation is 1. The van der Waals surface area contributed by atoms with Crippen molar-refractivity contribution in [2.75, 3.05) is 0 Å². The van der Waals surface area contributed by atoms with E-state index in [1.165, 1.54) is 0 Å². The molecule has 0 spiro atoms. The van der Waals surface area contributed by atoms with E-state index in [2.05, 4.69) is 4.98 Å². The van der Waals surface area contributed by atoms with Crippen LogP contribution in [0.15, 0.2) is 52.9 Å². The molecule has 0 amide bonds. The predicted molar refractivity (Wildman–Crippen MR) is 65.3 cm³/mol. The Hall–Kier alpha value is -2.29. The molecule has 1 aromatic heterocycles. The maximum absolute atomic E-state index is 5.57. The molecule has 0 radical (unpaired) electrons. The second-order valence-corrected chi connectivity index (χ2v) is 3.87. The molecule has 1 heterocycles. The summed E-state index contributed by atoms with van der Waals surface area (Å²) in [6, 6.07) is 15.3. The summed E-state index contributed by atoms with van der Waals surface area (Å²) < 4.78 is 11.0. The summed E-state index contributed by atoms with van der Waals surface area (Å²) in [4.78, 5) is 4.25. The smallest absolute Gasteiger partial charge is 0.400 e. The van der Waals surface area contributed by atoms with Crippen molar-refractivity contribution < 1.29 is 9.15 Å². The molecule has 3 rings (SSSR count). The topological polar surface area (TPSA) is 35.3 Å². The number of hydrogen-bond acceptors (Lipinski definition) is 3. The number of ether oxygens (including phenoxy) is 1. The quantitative estimate of drug-likeness (QED) is 0.662. The maximum atomic E-state index is 5.57. The fraction of sp³-hybridized carbons (Fsp3) is 0.0714. The minimum absolute atomic E-state index is 0.275. The van der Waals surface area contributed by atoms with Gasteiger partial charge >= 0.3 is 6.08 Å². The van der Waals surface area contributed by atoms with Crippen LogP contribution in [-0.2, 0) is 0 Å². The van der Waals surface area contributed by atoms with Gasteiger partial charge in [-0.15, -0.1) is 0 Å². The van der Waals surface area contributed by atoms with Crippen molar-refractivity contribution in [2.45, 2.75) is 6.92 Å². The van der Waals surface area contributed by atoms with E-state index in [4.69, 9.17) is 9.15 Å². The van der Waals surface area contributed by atoms with E-state index < -0.39 is 0 Å². The van der Waals surface area contributed by atoms with Crippen LogP contribution in [0.5, 0.6) is 11.8 Å². The molecule has 0 aliphatic heterocycles. The first-order chi connectivity index (χ1) is 8.31. The van der Waals surface area contributed by atoms with Crippen molar-refractivity contribution in [3.63, 3.8) is 0 Å². The summed E-state index contributed by atoms with van der Waals surface area (Å²) in [5.41, 5.74) is 2.67. The molecule has 0 aliphatic rings. The van der Waals surface area contributed by atoms with E-state index in [-0.39, 0.29) is 6.08 Å². The molecule has 0 aliphatic carbocycles. The number of benzene rings is 2. The maximum Gasteiger partial charge on any atom is 0.400 e. The highest BCUT2D eigenvalue weighted by Crippen LogP contribution is 2.25. The zero-order valence-electron chi connectivity index (χ0n) is 9.38. The van der Waals surface area contributed by atoms with E-state index in [1.54, 1.807) is 0 Å². The lowest BCUT2D eigenvalue weighted by Crippen LogP contribution is -1.83. The number of para-hydroxylation sites is 2. The van der Waals surface area contributed by atoms with Crippen LogP contribution in [0.1, 0.15) is 5.56 Å². The van der Waals surface area contributed by atoms with Crippen LogP contribution in [0.3, 0.4) is 0 Å². The van der Waals surface area contributed by atoms with E-state index in [1.807, 2.05) is 55.5 Å². The Balaban J connectivity index is 1.94. The Bertz CT molecular complexity index is 625. The van der Waals surface area contributed by atoms with Crippen molar-refractivity contribution in [3.8, 4) is 11.8 Å². The van der Waals surface area contributed by atoms with Gasteiger partial charge in [0.15, 0.2) is 5.58 Å². The number of oxazole rings is 1. The number of nitrogens with zero attached hydrogens (tertiary/aromatic N) is 1. The Morgan fingerprint density at radius 1 is 1.06 bits per heavy atom. The Kier molecular flexibility index (Phi) is 2.29. The lowest BCUT2D eigenvalue weighted by Gasteiger charge is -2.00. The summed E-state index contributed by atoms with van der Waals surface area (Å²) in [6.07, 6.45) is 0.275. The van der Waals surface area contributed by atoms with Crippen LogP contribution < -0.4 is 4.74 Å². The normalized spacial score (nSPS) is 10.6. The number of fused-ring (bicyclic) bond motifs is 1. The van der Waals surface area contributed by atoms with Gasteiger partial charge in [-0.2, -0.15) is 4.98 Å². The standard InChI is InChI=1S/C14H11NO2/c1-10-5-4-6-11(9-10)16-14-15-12-7-2-3-8-13(12)17-14/h2-9H,1H3. The monoisotopic (exact) mass is 225 g/mol. The molecular weight excluding hydrogens is 214 g/mol. The van der Waals surface area contributed by atoms with E-state index in [0.717, 1.165) is 22.4 Å². The third-order valence-corrected chi connectivity index (χ3v) is 2.47. The van der Waals surface area contributed by atoms with Crippen molar-refractivity contribution in [3.05, 3.63) is 54.1 Å². The Morgan fingerprint density at radius 2 is 1.94 bits per heavy atom. The first kappa shape index (κ1) is 9.90. The summed E-state index contributed by atoms with van der Waals surface area (Å²) in [5, 5.41) is 0. The van der Waals surface area contributed by atoms with Crippen molar-refractivity contribution in [2.24, 2.45) is 0 Å². The minimum Gasteiger partial charge on any atom is -0.411 e.